The average Bonchev–Trinajstić information content (AvgIpc) is 2.47. The summed E-state index contributed by atoms with van der Waals surface area (Å²) in [7, 11) is 0. The zero-order valence-electron chi connectivity index (χ0n) is 8.79. The fourth-order valence-electron chi connectivity index (χ4n) is 1.06. The summed E-state index contributed by atoms with van der Waals surface area (Å²) >= 11 is 2.77. The van der Waals surface area contributed by atoms with Crippen LogP contribution >= 0.6 is 23.1 Å². The average molecular weight is 244 g/mol. The number of thioether (sulfide) groups is 1. The molecule has 1 heterocycles. The van der Waals surface area contributed by atoms with E-state index in [9.17, 15) is 9.59 Å². The number of nitrogens with zero attached hydrogens (tertiary/aromatic N) is 1. The van der Waals surface area contributed by atoms with Crippen molar-refractivity contribution in [1.82, 2.24) is 4.98 Å². The lowest BCUT2D eigenvalue weighted by Crippen LogP contribution is -2.13. The summed E-state index contributed by atoms with van der Waals surface area (Å²) in [5.41, 5.74) is 0.444. The van der Waals surface area contributed by atoms with Crippen molar-refractivity contribution >= 4 is 39.9 Å². The van der Waals surface area contributed by atoms with Gasteiger partial charge in [0.1, 0.15) is 5.69 Å². The summed E-state index contributed by atoms with van der Waals surface area (Å²) in [6.07, 6.45) is 1.85. The molecular weight excluding hydrogens is 232 g/mol. The molecule has 4 nitrogen and oxygen atoms in total. The summed E-state index contributed by atoms with van der Waals surface area (Å²) in [4.78, 5) is 27.3. The minimum Gasteiger partial charge on any atom is -0.301 e. The number of ketones is 1. The van der Waals surface area contributed by atoms with E-state index in [1.54, 1.807) is 0 Å². The molecule has 1 aromatic heterocycles. The van der Waals surface area contributed by atoms with Gasteiger partial charge in [0.25, 0.3) is 0 Å². The van der Waals surface area contributed by atoms with Crippen LogP contribution in [0.5, 0.6) is 0 Å². The van der Waals surface area contributed by atoms with Gasteiger partial charge in [-0.2, -0.15) is 11.8 Å². The van der Waals surface area contributed by atoms with E-state index in [0.29, 0.717) is 16.6 Å². The van der Waals surface area contributed by atoms with Crippen molar-refractivity contribution in [3.05, 3.63) is 10.6 Å². The molecule has 0 aliphatic carbocycles. The topological polar surface area (TPSA) is 59.1 Å². The van der Waals surface area contributed by atoms with E-state index in [0.717, 1.165) is 4.88 Å². The van der Waals surface area contributed by atoms with Gasteiger partial charge in [0.05, 0.1) is 5.75 Å². The fourth-order valence-corrected chi connectivity index (χ4v) is 2.28. The molecule has 0 atom stereocenters. The van der Waals surface area contributed by atoms with Crippen molar-refractivity contribution in [3.63, 3.8) is 0 Å². The predicted molar refractivity (Wildman–Crippen MR) is 63.9 cm³/mol. The molecule has 1 N–H and O–H groups in total. The van der Waals surface area contributed by atoms with Crippen molar-refractivity contribution in [2.24, 2.45) is 0 Å². The van der Waals surface area contributed by atoms with E-state index in [4.69, 9.17) is 0 Å². The number of Topliss-reactive ketones (excluding diaryl/α,β-unsaturated/α-hetero) is 1. The van der Waals surface area contributed by atoms with Crippen molar-refractivity contribution in [3.8, 4) is 0 Å². The number of rotatable bonds is 4. The maximum absolute atomic E-state index is 11.3. The largest absolute Gasteiger partial charge is 0.301 e. The molecule has 0 radical (unpaired) electrons. The lowest BCUT2D eigenvalue weighted by Gasteiger charge is -1.97. The summed E-state index contributed by atoms with van der Waals surface area (Å²) in [5.74, 6) is 0.231. The van der Waals surface area contributed by atoms with Gasteiger partial charge in [-0.1, -0.05) is 0 Å². The number of aromatic nitrogens is 1. The molecule has 1 aromatic rings. The number of amides is 1. The predicted octanol–water partition coefficient (Wildman–Crippen LogP) is 1.96. The molecule has 6 heteroatoms. The lowest BCUT2D eigenvalue weighted by atomic mass is 10.3. The number of hydrogen-bond acceptors (Lipinski definition) is 5. The molecular formula is C9H12N2O2S2. The van der Waals surface area contributed by atoms with Gasteiger partial charge >= 0.3 is 0 Å². The normalized spacial score (nSPS) is 10.1. The van der Waals surface area contributed by atoms with Gasteiger partial charge in [-0.3, -0.25) is 9.59 Å². The maximum Gasteiger partial charge on any atom is 0.236 e. The Labute approximate surface area is 96.5 Å². The van der Waals surface area contributed by atoms with Gasteiger partial charge in [0, 0.05) is 11.8 Å². The first-order valence-corrected chi connectivity index (χ1v) is 6.52. The molecule has 0 fully saturated rings. The highest BCUT2D eigenvalue weighted by molar-refractivity contribution is 7.99. The summed E-state index contributed by atoms with van der Waals surface area (Å²) < 4.78 is 0. The molecule has 15 heavy (non-hydrogen) atoms. The number of carbonyl (C=O) groups is 2. The Kier molecular flexibility index (Phi) is 4.28. The molecule has 0 saturated heterocycles. The number of carbonyl (C=O) groups excluding carboxylic acids is 2. The van der Waals surface area contributed by atoms with Gasteiger partial charge in [-0.15, -0.1) is 11.3 Å². The molecule has 82 valence electrons. The van der Waals surface area contributed by atoms with E-state index >= 15 is 0 Å². The molecule has 0 aliphatic rings. The van der Waals surface area contributed by atoms with Crippen molar-refractivity contribution in [2.45, 2.75) is 13.8 Å². The van der Waals surface area contributed by atoms with Gasteiger partial charge in [0.2, 0.25) is 5.91 Å². The molecule has 0 aliphatic heterocycles. The van der Waals surface area contributed by atoms with Crippen LogP contribution in [-0.4, -0.2) is 28.7 Å². The highest BCUT2D eigenvalue weighted by Crippen LogP contribution is 2.22. The summed E-state index contributed by atoms with van der Waals surface area (Å²) in [6.45, 7) is 3.29. The van der Waals surface area contributed by atoms with Crippen LogP contribution in [0.2, 0.25) is 0 Å². The first-order chi connectivity index (χ1) is 7.04. The highest BCUT2D eigenvalue weighted by atomic mass is 32.2. The quantitative estimate of drug-likeness (QED) is 0.822. The van der Waals surface area contributed by atoms with Crippen LogP contribution in [-0.2, 0) is 4.79 Å². The van der Waals surface area contributed by atoms with E-state index in [2.05, 4.69) is 10.3 Å². The SMILES string of the molecule is CSCC(=O)Nc1nc(C(C)=O)c(C)s1. The third-order valence-corrected chi connectivity index (χ3v) is 3.09. The Morgan fingerprint density at radius 3 is 2.67 bits per heavy atom. The standard InChI is InChI=1S/C9H12N2O2S2/c1-5(12)8-6(2)15-9(11-8)10-7(13)4-14-3/h4H2,1-3H3,(H,10,11,13). The minimum absolute atomic E-state index is 0.0749. The van der Waals surface area contributed by atoms with E-state index in [1.807, 2.05) is 13.2 Å². The monoisotopic (exact) mass is 244 g/mol. The first kappa shape index (κ1) is 12.2. The molecule has 1 rings (SSSR count). The Hall–Kier alpha value is -0.880. The smallest absolute Gasteiger partial charge is 0.236 e. The third kappa shape index (κ3) is 3.32. The second-order valence-electron chi connectivity index (χ2n) is 2.96. The number of aryl methyl sites for hydroxylation is 1. The van der Waals surface area contributed by atoms with Crippen molar-refractivity contribution in [1.29, 1.82) is 0 Å². The number of anilines is 1. The van der Waals surface area contributed by atoms with E-state index < -0.39 is 0 Å². The molecule has 1 amide bonds. The minimum atomic E-state index is -0.0913. The van der Waals surface area contributed by atoms with Gasteiger partial charge in [-0.25, -0.2) is 4.98 Å². The second-order valence-corrected chi connectivity index (χ2v) is 5.03. The Bertz CT molecular complexity index is 387. The zero-order chi connectivity index (χ0) is 11.4. The second kappa shape index (κ2) is 5.27. The van der Waals surface area contributed by atoms with Crippen LogP contribution in [0.3, 0.4) is 0 Å². The first-order valence-electron chi connectivity index (χ1n) is 4.31. The van der Waals surface area contributed by atoms with Gasteiger partial charge in [-0.05, 0) is 13.2 Å². The fraction of sp³-hybridized carbons (Fsp3) is 0.444. The molecule has 0 spiro atoms. The van der Waals surface area contributed by atoms with Crippen molar-refractivity contribution in [2.75, 3.05) is 17.3 Å². The van der Waals surface area contributed by atoms with Crippen LogP contribution in [0.1, 0.15) is 22.3 Å². The van der Waals surface area contributed by atoms with Crippen molar-refractivity contribution < 1.29 is 9.59 Å². The zero-order valence-corrected chi connectivity index (χ0v) is 10.4. The molecule has 0 saturated carbocycles. The Morgan fingerprint density at radius 1 is 1.53 bits per heavy atom. The number of nitrogens with one attached hydrogen (secondary N) is 1. The van der Waals surface area contributed by atoms with Crippen LogP contribution in [0.4, 0.5) is 5.13 Å². The van der Waals surface area contributed by atoms with Crippen LogP contribution < -0.4 is 5.32 Å². The summed E-state index contributed by atoms with van der Waals surface area (Å²) in [5, 5.41) is 3.15. The highest BCUT2D eigenvalue weighted by Gasteiger charge is 2.12. The van der Waals surface area contributed by atoms with E-state index in [1.165, 1.54) is 30.0 Å². The third-order valence-electron chi connectivity index (χ3n) is 1.65. The molecule has 0 aromatic carbocycles. The van der Waals surface area contributed by atoms with Crippen LogP contribution in [0.15, 0.2) is 0 Å². The maximum atomic E-state index is 11.3. The lowest BCUT2D eigenvalue weighted by molar-refractivity contribution is -0.113. The molecule has 0 bridgehead atoms. The molecule has 0 unspecified atom stereocenters. The van der Waals surface area contributed by atoms with Crippen LogP contribution in [0, 0.1) is 6.92 Å². The van der Waals surface area contributed by atoms with Gasteiger partial charge < -0.3 is 5.32 Å². The number of hydrogen-bond donors (Lipinski definition) is 1. The number of thiazole rings is 1. The summed E-state index contributed by atoms with van der Waals surface area (Å²) in [6, 6.07) is 0. The van der Waals surface area contributed by atoms with Crippen LogP contribution in [0.25, 0.3) is 0 Å². The Morgan fingerprint density at radius 2 is 2.20 bits per heavy atom. The van der Waals surface area contributed by atoms with Gasteiger partial charge in [0.15, 0.2) is 10.9 Å². The Balaban J connectivity index is 2.75. The van der Waals surface area contributed by atoms with E-state index in [-0.39, 0.29) is 11.7 Å².